The Balaban J connectivity index is 1.61. The number of aromatic nitrogens is 1. The minimum absolute atomic E-state index is 0.217. The fourth-order valence-corrected chi connectivity index (χ4v) is 5.64. The molecule has 0 amide bonds. The zero-order valence-corrected chi connectivity index (χ0v) is 23.5. The van der Waals surface area contributed by atoms with E-state index in [1.807, 2.05) is 67.6 Å². The molecule has 1 aliphatic rings. The third-order valence-corrected chi connectivity index (χ3v) is 7.56. The quantitative estimate of drug-likeness (QED) is 0.275. The summed E-state index contributed by atoms with van der Waals surface area (Å²) in [5.74, 6) is 1.46. The first-order chi connectivity index (χ1) is 18.4. The van der Waals surface area contributed by atoms with Gasteiger partial charge in [-0.25, -0.2) is 9.79 Å². The summed E-state index contributed by atoms with van der Waals surface area (Å²) in [6.07, 6.45) is 1.71. The molecule has 1 aliphatic heterocycles. The van der Waals surface area contributed by atoms with Crippen LogP contribution >= 0.6 is 27.3 Å². The molecule has 1 atom stereocenters. The van der Waals surface area contributed by atoms with E-state index >= 15 is 0 Å². The molecule has 0 spiro atoms. The molecule has 0 fully saturated rings. The Bertz CT molecular complexity index is 1700. The van der Waals surface area contributed by atoms with Gasteiger partial charge in [-0.2, -0.15) is 0 Å². The average Bonchev–Trinajstić information content (AvgIpc) is 3.49. The molecule has 0 bridgehead atoms. The van der Waals surface area contributed by atoms with Gasteiger partial charge in [0.15, 0.2) is 4.80 Å². The van der Waals surface area contributed by atoms with Crippen LogP contribution in [0.25, 0.3) is 17.4 Å². The number of esters is 1. The normalized spacial score (nSPS) is 15.3. The topological polar surface area (TPSA) is 83.0 Å². The molecule has 194 valence electrons. The van der Waals surface area contributed by atoms with Crippen molar-refractivity contribution in [1.82, 2.24) is 4.57 Å². The predicted molar refractivity (Wildman–Crippen MR) is 150 cm³/mol. The van der Waals surface area contributed by atoms with Crippen LogP contribution in [0.5, 0.6) is 5.75 Å². The smallest absolute Gasteiger partial charge is 0.338 e. The molecule has 0 saturated carbocycles. The van der Waals surface area contributed by atoms with Gasteiger partial charge in [-0.1, -0.05) is 51.5 Å². The number of allylic oxidation sites excluding steroid dienone is 1. The number of carbonyl (C=O) groups is 1. The van der Waals surface area contributed by atoms with Crippen LogP contribution in [-0.4, -0.2) is 23.8 Å². The largest absolute Gasteiger partial charge is 0.494 e. The van der Waals surface area contributed by atoms with Gasteiger partial charge in [0.2, 0.25) is 0 Å². The zero-order valence-electron chi connectivity index (χ0n) is 21.1. The fourth-order valence-electron chi connectivity index (χ4n) is 4.35. The second-order valence-electron chi connectivity index (χ2n) is 8.51. The summed E-state index contributed by atoms with van der Waals surface area (Å²) in [7, 11) is 0. The Labute approximate surface area is 231 Å². The number of furan rings is 1. The van der Waals surface area contributed by atoms with E-state index in [1.165, 1.54) is 11.3 Å². The maximum absolute atomic E-state index is 13.8. The van der Waals surface area contributed by atoms with Gasteiger partial charge in [0.05, 0.1) is 35.1 Å². The maximum atomic E-state index is 13.8. The molecular formula is C29H25BrN2O5S. The summed E-state index contributed by atoms with van der Waals surface area (Å²) < 4.78 is 19.9. The molecule has 2 aromatic heterocycles. The SMILES string of the molecule is CCOC(=O)C1=C(C)N=c2s/c(=C\c3ccc(-c4ccc(Br)cc4)o3)c(=O)n2C1c1ccc(OCC)cc1. The highest BCUT2D eigenvalue weighted by Crippen LogP contribution is 2.32. The average molecular weight is 593 g/mol. The van der Waals surface area contributed by atoms with Gasteiger partial charge in [0, 0.05) is 16.1 Å². The number of halogens is 1. The van der Waals surface area contributed by atoms with E-state index in [4.69, 9.17) is 13.9 Å². The van der Waals surface area contributed by atoms with Crippen LogP contribution in [0, 0.1) is 0 Å². The zero-order chi connectivity index (χ0) is 26.8. The molecule has 5 rings (SSSR count). The molecule has 0 N–H and O–H groups in total. The van der Waals surface area contributed by atoms with Crippen LogP contribution in [0.1, 0.15) is 38.1 Å². The Morgan fingerprint density at radius 3 is 2.50 bits per heavy atom. The number of benzene rings is 2. The number of ether oxygens (including phenoxy) is 2. The Hall–Kier alpha value is -3.69. The lowest BCUT2D eigenvalue weighted by molar-refractivity contribution is -0.139. The molecule has 38 heavy (non-hydrogen) atoms. The molecule has 9 heteroatoms. The second-order valence-corrected chi connectivity index (χ2v) is 10.4. The van der Waals surface area contributed by atoms with Gasteiger partial charge in [-0.15, -0.1) is 0 Å². The summed E-state index contributed by atoms with van der Waals surface area (Å²) in [5.41, 5.74) is 2.29. The Morgan fingerprint density at radius 2 is 1.82 bits per heavy atom. The second kappa shape index (κ2) is 11.0. The lowest BCUT2D eigenvalue weighted by Crippen LogP contribution is -2.39. The monoisotopic (exact) mass is 592 g/mol. The van der Waals surface area contributed by atoms with Gasteiger partial charge < -0.3 is 13.9 Å². The molecular weight excluding hydrogens is 568 g/mol. The third-order valence-electron chi connectivity index (χ3n) is 6.05. The first kappa shape index (κ1) is 25.9. The fraction of sp³-hybridized carbons (Fsp3) is 0.207. The molecule has 1 unspecified atom stereocenters. The van der Waals surface area contributed by atoms with Crippen molar-refractivity contribution in [3.05, 3.63) is 107 Å². The number of hydrogen-bond acceptors (Lipinski definition) is 7. The van der Waals surface area contributed by atoms with Crippen molar-refractivity contribution in [1.29, 1.82) is 0 Å². The van der Waals surface area contributed by atoms with Crippen molar-refractivity contribution in [2.24, 2.45) is 4.99 Å². The molecule has 0 radical (unpaired) electrons. The number of rotatable bonds is 7. The lowest BCUT2D eigenvalue weighted by Gasteiger charge is -2.24. The Kier molecular flexibility index (Phi) is 7.49. The predicted octanol–water partition coefficient (Wildman–Crippen LogP) is 5.22. The minimum atomic E-state index is -0.682. The van der Waals surface area contributed by atoms with E-state index in [2.05, 4.69) is 20.9 Å². The number of hydrogen-bond donors (Lipinski definition) is 0. The lowest BCUT2D eigenvalue weighted by atomic mass is 9.96. The van der Waals surface area contributed by atoms with Crippen molar-refractivity contribution in [3.8, 4) is 17.1 Å². The summed E-state index contributed by atoms with van der Waals surface area (Å²) in [6.45, 7) is 6.19. The first-order valence-corrected chi connectivity index (χ1v) is 13.8. The highest BCUT2D eigenvalue weighted by atomic mass is 79.9. The first-order valence-electron chi connectivity index (χ1n) is 12.2. The standard InChI is InChI=1S/C29H25BrN2O5S/c1-4-35-21-12-8-19(9-13-21)26-25(28(34)36-5-2)17(3)31-29-32(26)27(33)24(38-29)16-22-14-15-23(37-22)18-6-10-20(30)11-7-18/h6-16,26H,4-5H2,1-3H3/b24-16-. The van der Waals surface area contributed by atoms with E-state index in [0.717, 1.165) is 15.6 Å². The van der Waals surface area contributed by atoms with Crippen molar-refractivity contribution in [2.45, 2.75) is 26.8 Å². The molecule has 7 nitrogen and oxygen atoms in total. The maximum Gasteiger partial charge on any atom is 0.338 e. The van der Waals surface area contributed by atoms with Crippen LogP contribution in [0.3, 0.4) is 0 Å². The third kappa shape index (κ3) is 5.04. The van der Waals surface area contributed by atoms with Crippen molar-refractivity contribution in [3.63, 3.8) is 0 Å². The van der Waals surface area contributed by atoms with Crippen LogP contribution in [0.2, 0.25) is 0 Å². The molecule has 2 aromatic carbocycles. The summed E-state index contributed by atoms with van der Waals surface area (Å²) >= 11 is 4.70. The van der Waals surface area contributed by atoms with E-state index in [0.29, 0.717) is 44.5 Å². The number of thiazole rings is 1. The van der Waals surface area contributed by atoms with Gasteiger partial charge in [-0.05, 0) is 62.7 Å². The van der Waals surface area contributed by atoms with E-state index in [1.54, 1.807) is 24.5 Å². The molecule has 0 aliphatic carbocycles. The van der Waals surface area contributed by atoms with E-state index in [9.17, 15) is 9.59 Å². The van der Waals surface area contributed by atoms with Gasteiger partial charge >= 0.3 is 5.97 Å². The summed E-state index contributed by atoms with van der Waals surface area (Å²) in [4.78, 5) is 31.9. The summed E-state index contributed by atoms with van der Waals surface area (Å²) in [5, 5.41) is 0. The van der Waals surface area contributed by atoms with Crippen LogP contribution in [-0.2, 0) is 9.53 Å². The van der Waals surface area contributed by atoms with Crippen molar-refractivity contribution >= 4 is 39.3 Å². The minimum Gasteiger partial charge on any atom is -0.494 e. The van der Waals surface area contributed by atoms with Crippen LogP contribution in [0.15, 0.2) is 90.6 Å². The molecule has 3 heterocycles. The Morgan fingerprint density at radius 1 is 1.08 bits per heavy atom. The van der Waals surface area contributed by atoms with Gasteiger partial charge in [0.1, 0.15) is 17.3 Å². The highest BCUT2D eigenvalue weighted by Gasteiger charge is 2.33. The molecule has 0 saturated heterocycles. The van der Waals surface area contributed by atoms with Gasteiger partial charge in [0.25, 0.3) is 5.56 Å². The van der Waals surface area contributed by atoms with Crippen LogP contribution in [0.4, 0.5) is 0 Å². The number of carbonyl (C=O) groups excluding carboxylic acids is 1. The van der Waals surface area contributed by atoms with Crippen LogP contribution < -0.4 is 19.6 Å². The molecule has 4 aromatic rings. The van der Waals surface area contributed by atoms with Crippen molar-refractivity contribution < 1.29 is 18.7 Å². The summed E-state index contributed by atoms with van der Waals surface area (Å²) in [6, 6.07) is 18.2. The van der Waals surface area contributed by atoms with E-state index < -0.39 is 12.0 Å². The number of fused-ring (bicyclic) bond motifs is 1. The highest BCUT2D eigenvalue weighted by molar-refractivity contribution is 9.10. The van der Waals surface area contributed by atoms with Gasteiger partial charge in [-0.3, -0.25) is 9.36 Å². The van der Waals surface area contributed by atoms with Crippen molar-refractivity contribution in [2.75, 3.05) is 13.2 Å². The van der Waals surface area contributed by atoms with E-state index in [-0.39, 0.29) is 12.2 Å². The number of nitrogens with zero attached hydrogens (tertiary/aromatic N) is 2.